The maximum atomic E-state index is 16.2. The third-order valence-corrected chi connectivity index (χ3v) is 37.4. The van der Waals surface area contributed by atoms with Crippen LogP contribution < -0.4 is 43.9 Å². The van der Waals surface area contributed by atoms with Gasteiger partial charge in [0.2, 0.25) is 0 Å². The van der Waals surface area contributed by atoms with Crippen molar-refractivity contribution in [2.75, 3.05) is 28.0 Å². The summed E-state index contributed by atoms with van der Waals surface area (Å²) in [6.45, 7) is 0. The van der Waals surface area contributed by atoms with Crippen LogP contribution in [0.5, 0.6) is 0 Å². The zero-order valence-electron chi connectivity index (χ0n) is 79.9. The summed E-state index contributed by atoms with van der Waals surface area (Å²) >= 11 is 0. The molecule has 0 unspecified atom stereocenters. The molecule has 3 aliphatic rings. The first-order chi connectivity index (χ1) is 72.6. The van der Waals surface area contributed by atoms with E-state index in [4.69, 9.17) is 0 Å². The van der Waals surface area contributed by atoms with E-state index < -0.39 is 22.3 Å². The molecule has 12 nitrogen and oxygen atoms in total. The fraction of sp³-hybridized carbons (Fsp3) is 0. The molecular weight excluding hydrogens is 1850 g/mol. The number of fused-ring (bicyclic) bond motifs is 12. The van der Waals surface area contributed by atoms with Gasteiger partial charge in [-0.25, -0.2) is 0 Å². The lowest BCUT2D eigenvalue weighted by molar-refractivity contribution is 0.581. The summed E-state index contributed by atoms with van der Waals surface area (Å²) in [7, 11) is -10.4. The van der Waals surface area contributed by atoms with E-state index in [0.29, 0.717) is 0 Å². The minimum atomic E-state index is -3.50. The molecule has 0 aliphatic carbocycles. The van der Waals surface area contributed by atoms with Crippen molar-refractivity contribution in [1.82, 2.24) is 13.7 Å². The highest BCUT2D eigenvalue weighted by atomic mass is 31.2. The van der Waals surface area contributed by atoms with E-state index in [0.717, 1.165) is 145 Å². The van der Waals surface area contributed by atoms with Gasteiger partial charge in [-0.05, 0) is 275 Å². The molecular formula is C132H94N9O3P3. The Kier molecular flexibility index (Phi) is 22.5. The second kappa shape index (κ2) is 37.2. The number of rotatable bonds is 16. The van der Waals surface area contributed by atoms with Crippen LogP contribution in [0.2, 0.25) is 0 Å². The van der Waals surface area contributed by atoms with Crippen LogP contribution in [0.1, 0.15) is 0 Å². The Morgan fingerprint density at radius 2 is 0.306 bits per heavy atom. The van der Waals surface area contributed by atoms with Gasteiger partial charge in [-0.1, -0.05) is 340 Å². The van der Waals surface area contributed by atoms with Gasteiger partial charge in [-0.2, -0.15) is 0 Å². The topological polar surface area (TPSA) is 85.4 Å². The second-order valence-electron chi connectivity index (χ2n) is 37.0. The Hall–Kier alpha value is -18.3. The Bertz CT molecular complexity index is 8950. The van der Waals surface area contributed by atoms with E-state index in [1.807, 2.05) is 259 Å². The minimum absolute atomic E-state index is 0.751. The van der Waals surface area contributed by atoms with E-state index in [1.165, 1.54) is 65.7 Å². The van der Waals surface area contributed by atoms with Gasteiger partial charge in [-0.3, -0.25) is 41.7 Å². The largest absolute Gasteiger partial charge is 0.309 e. The van der Waals surface area contributed by atoms with Crippen LogP contribution in [0.4, 0.5) is 68.2 Å². The second-order valence-corrected chi connectivity index (χ2v) is 44.2. The van der Waals surface area contributed by atoms with Gasteiger partial charge in [0.1, 0.15) is 0 Å². The summed E-state index contributed by atoms with van der Waals surface area (Å²) in [5.74, 6) is 0. The number of hydrogen-bond donors (Lipinski definition) is 0. The first-order valence-corrected chi connectivity index (χ1v) is 54.4. The SMILES string of the molecule is O=P1(c2ccc(-n3c4cc(-c5ccccc5)ccc4c4ccc(-c5ccccc5)cc43)cc2)N(c2ccccc2)c2ccccc2N1c1ccccc1.O=P1(c2ccc(-n3c4ccc(-c5ccccc5)cc4c4cc(-c5ccccc5)ccc43)cc2)N(c2ccccc2)c2ccccc2N1c1ccccc1.O=P1(c2ccc(-n3c4ccccc4c4ccccc43)cc2)N(c2ccccc2)c2ccccc2N1c1ccccc1. The molecule has 0 N–H and O–H groups in total. The molecule has 0 spiro atoms. The number of para-hydroxylation sites is 14. The molecule has 700 valence electrons. The lowest BCUT2D eigenvalue weighted by Gasteiger charge is -2.33. The van der Waals surface area contributed by atoms with Crippen LogP contribution in [0.25, 0.3) is 127 Å². The van der Waals surface area contributed by atoms with Gasteiger partial charge >= 0.3 is 22.3 Å². The third-order valence-electron chi connectivity index (χ3n) is 28.5. The van der Waals surface area contributed by atoms with Gasteiger partial charge in [0, 0.05) is 83.5 Å². The molecule has 3 aliphatic heterocycles. The van der Waals surface area contributed by atoms with Crippen molar-refractivity contribution >= 4 is 172 Å². The zero-order valence-corrected chi connectivity index (χ0v) is 82.5. The standard InChI is InChI=1S/2C48H34N3OP.C36H26N3OP/c52-53(50(40-19-9-3-10-20-40)47-23-13-14-24-48(47)51(53)41-21-11-4-12-22-41)42-29-27-39(28-30-42)49-45-31-25-37(35-15-5-1-6-16-35)33-43(45)44-34-38(26-32-46(44)49)36-17-7-2-8-18-36;52-53(50(40-19-9-3-10-20-40)45-23-13-14-24-46(45)51(53)41-21-11-4-12-22-41)42-29-27-39(28-30-42)49-47-33-37(35-15-5-1-6-16-35)25-31-43(47)44-32-26-38(34-48(44)49)36-17-7-2-8-18-36;40-41(30-25-23-27(24-26-30)37-33-19-9-7-17-31(33)32-18-8-10-20-34(32)37)38(28-13-3-1-4-14-28)35-21-11-12-22-36(35)39(41)29-15-5-2-6-16-29/h2*1-34H;1-26H. The van der Waals surface area contributed by atoms with Gasteiger partial charge in [0.15, 0.2) is 0 Å². The molecule has 28 rings (SSSR count). The smallest absolute Gasteiger partial charge is 0.301 e. The number of hydrogen-bond acceptors (Lipinski definition) is 3. The summed E-state index contributed by atoms with van der Waals surface area (Å²) in [5, 5.41) is 9.46. The van der Waals surface area contributed by atoms with E-state index in [9.17, 15) is 0 Å². The van der Waals surface area contributed by atoms with Crippen molar-refractivity contribution < 1.29 is 13.7 Å². The summed E-state index contributed by atoms with van der Waals surface area (Å²) < 4.78 is 67.4. The number of anilines is 12. The van der Waals surface area contributed by atoms with Crippen LogP contribution in [0.3, 0.4) is 0 Å². The summed E-state index contributed by atoms with van der Waals surface area (Å²) in [6.07, 6.45) is 0. The van der Waals surface area contributed by atoms with Crippen molar-refractivity contribution in [3.63, 3.8) is 0 Å². The van der Waals surface area contributed by atoms with Gasteiger partial charge in [0.25, 0.3) is 0 Å². The average Bonchev–Trinajstić information content (AvgIpc) is 1.55. The predicted molar refractivity (Wildman–Crippen MR) is 617 cm³/mol. The summed E-state index contributed by atoms with van der Waals surface area (Å²) in [6, 6.07) is 196. The van der Waals surface area contributed by atoms with E-state index >= 15 is 13.7 Å². The molecule has 3 aromatic heterocycles. The quantitative estimate of drug-likeness (QED) is 0.0878. The molecule has 0 atom stereocenters. The third kappa shape index (κ3) is 15.2. The molecule has 0 amide bonds. The molecule has 0 saturated heterocycles. The number of nitrogens with zero attached hydrogens (tertiary/aromatic N) is 9. The van der Waals surface area contributed by atoms with Crippen molar-refractivity contribution in [2.24, 2.45) is 0 Å². The molecule has 147 heavy (non-hydrogen) atoms. The summed E-state index contributed by atoms with van der Waals surface area (Å²) in [5.41, 5.74) is 30.1. The van der Waals surface area contributed by atoms with Crippen molar-refractivity contribution in [3.8, 4) is 61.6 Å². The van der Waals surface area contributed by atoms with Gasteiger partial charge < -0.3 is 13.7 Å². The van der Waals surface area contributed by atoms with Crippen LogP contribution in [0.15, 0.2) is 570 Å². The van der Waals surface area contributed by atoms with Crippen LogP contribution in [0, 0.1) is 0 Å². The fourth-order valence-electron chi connectivity index (χ4n) is 21.9. The molecule has 6 heterocycles. The average molecular weight is 1950 g/mol. The lowest BCUT2D eigenvalue weighted by Crippen LogP contribution is -2.26. The molecule has 15 heteroatoms. The zero-order chi connectivity index (χ0) is 98.1. The van der Waals surface area contributed by atoms with Crippen molar-refractivity contribution in [1.29, 1.82) is 0 Å². The van der Waals surface area contributed by atoms with E-state index in [-0.39, 0.29) is 0 Å². The van der Waals surface area contributed by atoms with Gasteiger partial charge in [-0.15, -0.1) is 0 Å². The fourth-order valence-corrected chi connectivity index (χ4v) is 30.9. The normalized spacial score (nSPS) is 13.6. The maximum Gasteiger partial charge on any atom is 0.301 e. The molecule has 0 bridgehead atoms. The lowest BCUT2D eigenvalue weighted by atomic mass is 10.0. The van der Waals surface area contributed by atoms with E-state index in [2.05, 4.69) is 353 Å². The summed E-state index contributed by atoms with van der Waals surface area (Å²) in [4.78, 5) is 0. The number of benzene rings is 22. The van der Waals surface area contributed by atoms with Crippen LogP contribution in [-0.2, 0) is 13.7 Å². The highest BCUT2D eigenvalue weighted by Gasteiger charge is 2.52. The highest BCUT2D eigenvalue weighted by Crippen LogP contribution is 2.73. The van der Waals surface area contributed by atoms with Crippen molar-refractivity contribution in [3.05, 3.63) is 570 Å². The molecule has 22 aromatic carbocycles. The Labute approximate surface area is 853 Å². The molecule has 25 aromatic rings. The molecule has 0 radical (unpaired) electrons. The monoisotopic (exact) mass is 1950 g/mol. The first-order valence-electron chi connectivity index (χ1n) is 49.5. The predicted octanol–water partition coefficient (Wildman–Crippen LogP) is 35.4. The van der Waals surface area contributed by atoms with Crippen molar-refractivity contribution in [2.45, 2.75) is 0 Å². The molecule has 0 saturated carbocycles. The first kappa shape index (κ1) is 88.9. The van der Waals surface area contributed by atoms with Crippen LogP contribution >= 0.6 is 22.3 Å². The highest BCUT2D eigenvalue weighted by molar-refractivity contribution is 7.77. The molecule has 0 fully saturated rings. The van der Waals surface area contributed by atoms with E-state index in [1.54, 1.807) is 0 Å². The number of aromatic nitrogens is 3. The van der Waals surface area contributed by atoms with Gasteiger partial charge in [0.05, 0.1) is 83.1 Å². The Morgan fingerprint density at radius 3 is 0.551 bits per heavy atom. The van der Waals surface area contributed by atoms with Crippen LogP contribution in [-0.4, -0.2) is 13.7 Å². The Morgan fingerprint density at radius 1 is 0.122 bits per heavy atom. The Balaban J connectivity index is 0.000000113. The minimum Gasteiger partial charge on any atom is -0.309 e. The maximum absolute atomic E-state index is 16.2.